The summed E-state index contributed by atoms with van der Waals surface area (Å²) in [7, 11) is 0. The van der Waals surface area contributed by atoms with Gasteiger partial charge in [0.15, 0.2) is 0 Å². The van der Waals surface area contributed by atoms with Gasteiger partial charge in [0.05, 0.1) is 0 Å². The Morgan fingerprint density at radius 3 is 0.400 bits per heavy atom. The number of rotatable bonds is 0. The summed E-state index contributed by atoms with van der Waals surface area (Å²) in [4.78, 5) is 0. The molecule has 0 aromatic heterocycles. The van der Waals surface area contributed by atoms with Gasteiger partial charge < -0.3 is 18.6 Å². The average molecular weight is 286 g/mol. The zero-order chi connectivity index (χ0) is 8.00. The Labute approximate surface area is 139 Å². The molecule has 0 aliphatic carbocycles. The summed E-state index contributed by atoms with van der Waals surface area (Å²) >= 11 is 13.6. The standard InChI is InChI=1S/2Ca.4ClO/c;;4*1-2/q2*+2;4*-1. The summed E-state index contributed by atoms with van der Waals surface area (Å²) in [6.07, 6.45) is 0. The van der Waals surface area contributed by atoms with Gasteiger partial charge in [0.1, 0.15) is 0 Å². The minimum atomic E-state index is 0. The van der Waals surface area contributed by atoms with E-state index in [0.29, 0.717) is 0 Å². The molecule has 0 aromatic rings. The summed E-state index contributed by atoms with van der Waals surface area (Å²) < 4.78 is 30.9. The Morgan fingerprint density at radius 2 is 0.400 bits per heavy atom. The molecule has 0 saturated carbocycles. The first kappa shape index (κ1) is 37.5. The molecule has 4 nitrogen and oxygen atoms in total. The number of halogens is 4. The van der Waals surface area contributed by atoms with Crippen LogP contribution in [-0.4, -0.2) is 75.5 Å². The van der Waals surface area contributed by atoms with E-state index < -0.39 is 0 Å². The van der Waals surface area contributed by atoms with Crippen LogP contribution in [0.1, 0.15) is 0 Å². The van der Waals surface area contributed by atoms with Crippen molar-refractivity contribution in [1.29, 1.82) is 0 Å². The fourth-order valence-corrected chi connectivity index (χ4v) is 0. The molecule has 0 atom stereocenters. The van der Waals surface area contributed by atoms with Crippen molar-refractivity contribution in [3.63, 3.8) is 0 Å². The van der Waals surface area contributed by atoms with E-state index in [4.69, 9.17) is 18.6 Å². The van der Waals surface area contributed by atoms with E-state index in [0.717, 1.165) is 0 Å². The first-order valence-electron chi connectivity index (χ1n) is 0.617. The second-order valence-electron chi connectivity index (χ2n) is 0. The quantitative estimate of drug-likeness (QED) is 0.451. The van der Waals surface area contributed by atoms with Gasteiger partial charge in [-0.25, -0.2) is 47.5 Å². The normalized spacial score (nSPS) is 2.40. The van der Waals surface area contributed by atoms with Crippen LogP contribution in [0.25, 0.3) is 0 Å². The molecule has 0 fully saturated rings. The van der Waals surface area contributed by atoms with E-state index in [1.807, 2.05) is 0 Å². The third-order valence-corrected chi connectivity index (χ3v) is 0. The van der Waals surface area contributed by atoms with Crippen molar-refractivity contribution in [2.45, 2.75) is 0 Å². The smallest absolute Gasteiger partial charge is 0.769 e. The van der Waals surface area contributed by atoms with Gasteiger partial charge in [0.25, 0.3) is 0 Å². The maximum absolute atomic E-state index is 7.72. The van der Waals surface area contributed by atoms with E-state index in [1.165, 1.54) is 0 Å². The molecule has 0 radical (unpaired) electrons. The Morgan fingerprint density at radius 1 is 0.400 bits per heavy atom. The predicted octanol–water partition coefficient (Wildman–Crippen LogP) is -2.76. The van der Waals surface area contributed by atoms with E-state index in [1.54, 1.807) is 0 Å². The molecule has 0 spiro atoms. The van der Waals surface area contributed by atoms with Crippen molar-refractivity contribution in [3.8, 4) is 0 Å². The van der Waals surface area contributed by atoms with Crippen LogP contribution < -0.4 is 18.6 Å². The summed E-state index contributed by atoms with van der Waals surface area (Å²) in [5.74, 6) is 0. The molecule has 0 rings (SSSR count). The molecule has 0 unspecified atom stereocenters. The van der Waals surface area contributed by atoms with Gasteiger partial charge in [0, 0.05) is 0 Å². The zero-order valence-corrected chi connectivity index (χ0v) is 12.0. The monoisotopic (exact) mass is 284 g/mol. The molecule has 0 heterocycles. The van der Waals surface area contributed by atoms with Crippen LogP contribution in [-0.2, 0) is 0 Å². The molecule has 0 saturated heterocycles. The largest absolute Gasteiger partial charge is 2.00 e. The van der Waals surface area contributed by atoms with E-state index in [2.05, 4.69) is 47.5 Å². The minimum absolute atomic E-state index is 0. The fourth-order valence-electron chi connectivity index (χ4n) is 0. The molecule has 0 aromatic carbocycles. The van der Waals surface area contributed by atoms with E-state index in [9.17, 15) is 0 Å². The molecule has 0 aliphatic rings. The third-order valence-electron chi connectivity index (χ3n) is 0. The average Bonchev–Trinajstić information content (AvgIpc) is 2.03. The van der Waals surface area contributed by atoms with Gasteiger partial charge in [-0.1, -0.05) is 0 Å². The Hall–Kier alpha value is 3.52. The van der Waals surface area contributed by atoms with Crippen LogP contribution in [0.15, 0.2) is 0 Å². The van der Waals surface area contributed by atoms with E-state index in [-0.39, 0.29) is 75.5 Å². The van der Waals surface area contributed by atoms with Gasteiger partial charge >= 0.3 is 75.5 Å². The molecular weight excluding hydrogens is 286 g/mol. The molecule has 56 valence electrons. The minimum Gasteiger partial charge on any atom is -0.769 e. The summed E-state index contributed by atoms with van der Waals surface area (Å²) in [6, 6.07) is 0. The van der Waals surface area contributed by atoms with E-state index >= 15 is 0 Å². The molecule has 10 heavy (non-hydrogen) atoms. The molecule has 0 N–H and O–H groups in total. The van der Waals surface area contributed by atoms with Crippen molar-refractivity contribution in [1.82, 2.24) is 0 Å². The molecule has 0 aliphatic heterocycles. The van der Waals surface area contributed by atoms with Gasteiger partial charge in [-0.3, -0.25) is 0 Å². The SMILES string of the molecule is [Ca+2].[Ca+2].[O-]Cl.[O-]Cl.[O-]Cl.[O-]Cl. The Balaban J connectivity index is -0.00000000500. The van der Waals surface area contributed by atoms with Gasteiger partial charge in [-0.2, -0.15) is 0 Å². The molecule has 0 bridgehead atoms. The second-order valence-corrected chi connectivity index (χ2v) is 0. The van der Waals surface area contributed by atoms with Crippen LogP contribution in [0.2, 0.25) is 0 Å². The van der Waals surface area contributed by atoms with Crippen molar-refractivity contribution < 1.29 is 18.6 Å². The predicted molar refractivity (Wildman–Crippen MR) is 34.9 cm³/mol. The van der Waals surface area contributed by atoms with Gasteiger partial charge in [-0.05, 0) is 0 Å². The summed E-state index contributed by atoms with van der Waals surface area (Å²) in [6.45, 7) is 0. The Bertz CT molecular complexity index is 15.2. The molecule has 10 heteroatoms. The van der Waals surface area contributed by atoms with Crippen LogP contribution in [0.3, 0.4) is 0 Å². The van der Waals surface area contributed by atoms with Gasteiger partial charge in [-0.15, -0.1) is 0 Å². The van der Waals surface area contributed by atoms with Crippen LogP contribution in [0.5, 0.6) is 0 Å². The molecular formula is Ca2Cl4O4. The maximum atomic E-state index is 7.72. The number of hydrogen-bond donors (Lipinski definition) is 0. The van der Waals surface area contributed by atoms with Crippen molar-refractivity contribution >= 4 is 123 Å². The summed E-state index contributed by atoms with van der Waals surface area (Å²) in [5, 5.41) is 0. The topological polar surface area (TPSA) is 92.2 Å². The Kier molecular flexibility index (Phi) is 503. The van der Waals surface area contributed by atoms with Crippen LogP contribution in [0, 0.1) is 0 Å². The first-order chi connectivity index (χ1) is 4.00. The number of hydrogen-bond acceptors (Lipinski definition) is 4. The third kappa shape index (κ3) is 103. The molecule has 0 amide bonds. The first-order valence-corrected chi connectivity index (χ1v) is 1.85. The van der Waals surface area contributed by atoms with Crippen LogP contribution >= 0.6 is 47.5 Å². The maximum Gasteiger partial charge on any atom is 2.00 e. The summed E-state index contributed by atoms with van der Waals surface area (Å²) in [5.41, 5.74) is 0. The van der Waals surface area contributed by atoms with Crippen molar-refractivity contribution in [3.05, 3.63) is 0 Å². The van der Waals surface area contributed by atoms with Gasteiger partial charge in [0.2, 0.25) is 0 Å². The zero-order valence-electron chi connectivity index (χ0n) is 4.56. The van der Waals surface area contributed by atoms with Crippen molar-refractivity contribution in [2.75, 3.05) is 0 Å². The second kappa shape index (κ2) is 134. The fraction of sp³-hybridized carbons (Fsp3) is 0. The van der Waals surface area contributed by atoms with Crippen molar-refractivity contribution in [2.24, 2.45) is 0 Å². The van der Waals surface area contributed by atoms with Crippen LogP contribution in [0.4, 0.5) is 0 Å².